The summed E-state index contributed by atoms with van der Waals surface area (Å²) in [5.41, 5.74) is 0.0295. The fourth-order valence-corrected chi connectivity index (χ4v) is 7.31. The van der Waals surface area contributed by atoms with Gasteiger partial charge in [0.15, 0.2) is 8.32 Å². The van der Waals surface area contributed by atoms with Gasteiger partial charge in [-0.05, 0) is 66.9 Å². The molecule has 3 aromatic rings. The topological polar surface area (TPSA) is 71.5 Å². The second kappa shape index (κ2) is 13.3. The first-order valence-corrected chi connectivity index (χ1v) is 19.0. The number of anilines is 2. The van der Waals surface area contributed by atoms with Crippen LogP contribution in [0.3, 0.4) is 0 Å². The van der Waals surface area contributed by atoms with E-state index in [0.29, 0.717) is 17.1 Å². The molecule has 0 saturated carbocycles. The summed E-state index contributed by atoms with van der Waals surface area (Å²) in [5.74, 6) is -1.13. The molecule has 2 aliphatic rings. The maximum atomic E-state index is 15.4. The van der Waals surface area contributed by atoms with Crippen LogP contribution < -0.4 is 19.3 Å². The van der Waals surface area contributed by atoms with Crippen LogP contribution in [0.15, 0.2) is 48.5 Å². The van der Waals surface area contributed by atoms with Crippen molar-refractivity contribution in [3.8, 4) is 11.5 Å². The number of nitrogens with zero attached hydrogens (tertiary/aromatic N) is 2. The average molecular weight is 691 g/mol. The van der Waals surface area contributed by atoms with E-state index in [4.69, 9.17) is 25.5 Å². The minimum absolute atomic E-state index is 0.0351. The normalized spacial score (nSPS) is 20.3. The van der Waals surface area contributed by atoms with E-state index in [1.54, 1.807) is 24.1 Å². The van der Waals surface area contributed by atoms with Gasteiger partial charge in [-0.1, -0.05) is 44.5 Å². The molecule has 254 valence electrons. The molecule has 0 aliphatic carbocycles. The second-order valence-electron chi connectivity index (χ2n) is 13.9. The Morgan fingerprint density at radius 1 is 1.02 bits per heavy atom. The maximum Gasteiger partial charge on any atom is 0.227 e. The number of halogens is 4. The third-order valence-corrected chi connectivity index (χ3v) is 14.5. The largest absolute Gasteiger partial charge is 0.497 e. The summed E-state index contributed by atoms with van der Waals surface area (Å²) in [5, 5.41) is 11.6. The highest BCUT2D eigenvalue weighted by molar-refractivity contribution is 6.74. The summed E-state index contributed by atoms with van der Waals surface area (Å²) in [6.07, 6.45) is -0.248. The van der Waals surface area contributed by atoms with Crippen LogP contribution in [-0.2, 0) is 22.2 Å². The Hall–Kier alpha value is -3.25. The van der Waals surface area contributed by atoms with Crippen LogP contribution in [0.5, 0.6) is 11.5 Å². The second-order valence-corrected chi connectivity index (χ2v) is 19.0. The molecule has 0 bridgehead atoms. The van der Waals surface area contributed by atoms with E-state index in [1.807, 2.05) is 12.1 Å². The van der Waals surface area contributed by atoms with Crippen molar-refractivity contribution in [2.45, 2.75) is 76.4 Å². The Balaban J connectivity index is 1.42. The van der Waals surface area contributed by atoms with Gasteiger partial charge in [0.2, 0.25) is 5.91 Å². The minimum Gasteiger partial charge on any atom is -0.497 e. The third-order valence-electron chi connectivity index (χ3n) is 9.70. The molecule has 0 spiro atoms. The number of rotatable bonds is 9. The molecule has 2 aliphatic heterocycles. The number of carbonyl (C=O) groups excluding carboxylic acids is 1. The van der Waals surface area contributed by atoms with Crippen molar-refractivity contribution >= 4 is 37.2 Å². The van der Waals surface area contributed by atoms with E-state index in [2.05, 4.69) is 33.9 Å². The van der Waals surface area contributed by atoms with Gasteiger partial charge in [-0.2, -0.15) is 0 Å². The Morgan fingerprint density at radius 2 is 1.72 bits per heavy atom. The average Bonchev–Trinajstić information content (AvgIpc) is 3.01. The predicted molar refractivity (Wildman–Crippen MR) is 180 cm³/mol. The molecule has 0 aromatic heterocycles. The first-order chi connectivity index (χ1) is 22.0. The van der Waals surface area contributed by atoms with Crippen molar-refractivity contribution in [3.63, 3.8) is 0 Å². The standard InChI is InChI=1S/C35H42ClF3N2O5Si/c1-34(2,3)47(5,6)46-31-20-40(29-18-27(38)25(36)17-28(29)39)16-15-35(31,43)21-45-30-13-12-26(37)33-24(30)11-14-32(42)41(33)19-22-7-9-23(44-4)10-8-22/h7-10,12-13,17-18,31,43H,11,14-16,19-21H2,1-6H3/t31-,35+/m1/s1. The van der Waals surface area contributed by atoms with Crippen LogP contribution in [0.25, 0.3) is 0 Å². The van der Waals surface area contributed by atoms with Gasteiger partial charge in [0.05, 0.1) is 36.2 Å². The summed E-state index contributed by atoms with van der Waals surface area (Å²) in [4.78, 5) is 16.1. The molecule has 2 atom stereocenters. The van der Waals surface area contributed by atoms with Crippen molar-refractivity contribution in [2.24, 2.45) is 0 Å². The van der Waals surface area contributed by atoms with Crippen LogP contribution in [-0.4, -0.2) is 57.8 Å². The molecule has 0 radical (unpaired) electrons. The van der Waals surface area contributed by atoms with E-state index in [-0.39, 0.29) is 72.8 Å². The highest BCUT2D eigenvalue weighted by Gasteiger charge is 2.49. The zero-order chi connectivity index (χ0) is 34.3. The lowest BCUT2D eigenvalue weighted by molar-refractivity contribution is -0.119. The Morgan fingerprint density at radius 3 is 2.38 bits per heavy atom. The van der Waals surface area contributed by atoms with Crippen LogP contribution in [0.1, 0.15) is 44.7 Å². The molecule has 1 fully saturated rings. The minimum atomic E-state index is -2.48. The summed E-state index contributed by atoms with van der Waals surface area (Å²) in [6.45, 7) is 10.6. The lowest BCUT2D eigenvalue weighted by atomic mass is 9.89. The van der Waals surface area contributed by atoms with Gasteiger partial charge in [-0.15, -0.1) is 0 Å². The lowest BCUT2D eigenvalue weighted by Gasteiger charge is -2.49. The van der Waals surface area contributed by atoms with E-state index in [0.717, 1.165) is 17.7 Å². The fourth-order valence-electron chi connectivity index (χ4n) is 5.80. The highest BCUT2D eigenvalue weighted by atomic mass is 35.5. The lowest BCUT2D eigenvalue weighted by Crippen LogP contribution is -2.63. The molecule has 5 rings (SSSR count). The van der Waals surface area contributed by atoms with Gasteiger partial charge in [-0.3, -0.25) is 4.79 Å². The summed E-state index contributed by atoms with van der Waals surface area (Å²) < 4.78 is 63.0. The third kappa shape index (κ3) is 7.28. The van der Waals surface area contributed by atoms with Crippen molar-refractivity contribution in [3.05, 3.63) is 82.1 Å². The molecule has 1 N–H and O–H groups in total. The fraction of sp³-hybridized carbons (Fsp3) is 0.457. The SMILES string of the molecule is COc1ccc(CN2C(=O)CCc3c(OC[C@@]4(O)CCN(c5cc(F)c(Cl)cc5F)C[C@H]4O[Si](C)(C)C(C)(C)C)ccc(F)c32)cc1. The van der Waals surface area contributed by atoms with Gasteiger partial charge in [-0.25, -0.2) is 13.2 Å². The monoisotopic (exact) mass is 690 g/mol. The quantitative estimate of drug-likeness (QED) is 0.184. The summed E-state index contributed by atoms with van der Waals surface area (Å²) in [6, 6.07) is 12.0. The molecular formula is C35H42ClF3N2O5Si. The number of benzene rings is 3. The van der Waals surface area contributed by atoms with Crippen LogP contribution in [0.4, 0.5) is 24.5 Å². The number of ether oxygens (including phenoxy) is 2. The number of fused-ring (bicyclic) bond motifs is 1. The van der Waals surface area contributed by atoms with Crippen molar-refractivity contribution in [1.29, 1.82) is 0 Å². The van der Waals surface area contributed by atoms with Gasteiger partial charge < -0.3 is 28.8 Å². The van der Waals surface area contributed by atoms with E-state index < -0.39 is 37.5 Å². The van der Waals surface area contributed by atoms with Crippen LogP contribution in [0.2, 0.25) is 23.2 Å². The zero-order valence-electron chi connectivity index (χ0n) is 27.6. The van der Waals surface area contributed by atoms with Crippen molar-refractivity contribution in [2.75, 3.05) is 36.6 Å². The number of hydrogen-bond donors (Lipinski definition) is 1. The zero-order valence-corrected chi connectivity index (χ0v) is 29.4. The number of aliphatic hydroxyl groups is 1. The highest BCUT2D eigenvalue weighted by Crippen LogP contribution is 2.42. The van der Waals surface area contributed by atoms with Gasteiger partial charge in [0, 0.05) is 31.1 Å². The van der Waals surface area contributed by atoms with Gasteiger partial charge in [0.25, 0.3) is 0 Å². The molecule has 12 heteroatoms. The van der Waals surface area contributed by atoms with E-state index in [9.17, 15) is 18.7 Å². The smallest absolute Gasteiger partial charge is 0.227 e. The first kappa shape index (κ1) is 35.1. The predicted octanol–water partition coefficient (Wildman–Crippen LogP) is 7.66. The Kier molecular flexibility index (Phi) is 9.95. The number of methoxy groups -OCH3 is 1. The Bertz CT molecular complexity index is 1630. The van der Waals surface area contributed by atoms with E-state index in [1.165, 1.54) is 17.0 Å². The summed E-state index contributed by atoms with van der Waals surface area (Å²) in [7, 11) is -0.909. The van der Waals surface area contributed by atoms with Crippen LogP contribution >= 0.6 is 11.6 Å². The van der Waals surface area contributed by atoms with Gasteiger partial charge in [0.1, 0.15) is 41.2 Å². The number of piperidine rings is 1. The number of hydrogen-bond acceptors (Lipinski definition) is 6. The van der Waals surface area contributed by atoms with E-state index >= 15 is 4.39 Å². The van der Waals surface area contributed by atoms with Crippen LogP contribution in [0, 0.1) is 17.5 Å². The molecule has 47 heavy (non-hydrogen) atoms. The van der Waals surface area contributed by atoms with Crippen molar-refractivity contribution < 1.29 is 37.0 Å². The molecule has 7 nitrogen and oxygen atoms in total. The molecule has 3 aromatic carbocycles. The number of carbonyl (C=O) groups is 1. The Labute approximate surface area is 280 Å². The molecule has 2 heterocycles. The molecule has 0 unspecified atom stereocenters. The summed E-state index contributed by atoms with van der Waals surface area (Å²) >= 11 is 5.81. The maximum absolute atomic E-state index is 15.4. The molecule has 1 amide bonds. The number of amides is 1. The first-order valence-electron chi connectivity index (χ1n) is 15.7. The molecule has 1 saturated heterocycles. The molecular weight excluding hydrogens is 649 g/mol. The van der Waals surface area contributed by atoms with Gasteiger partial charge >= 0.3 is 0 Å². The van der Waals surface area contributed by atoms with Crippen molar-refractivity contribution in [1.82, 2.24) is 0 Å².